The summed E-state index contributed by atoms with van der Waals surface area (Å²) in [7, 11) is 0. The summed E-state index contributed by atoms with van der Waals surface area (Å²) >= 11 is 5.55. The third kappa shape index (κ3) is 2.24. The van der Waals surface area contributed by atoms with Gasteiger partial charge in [-0.25, -0.2) is 23.1 Å². The summed E-state index contributed by atoms with van der Waals surface area (Å²) in [5.74, 6) is -1.45. The molecule has 0 amide bonds. The van der Waals surface area contributed by atoms with Gasteiger partial charge in [-0.3, -0.25) is 0 Å². The quantitative estimate of drug-likeness (QED) is 0.910. The molecule has 0 unspecified atom stereocenters. The summed E-state index contributed by atoms with van der Waals surface area (Å²) in [6, 6.07) is 3.05. The third-order valence-corrected chi connectivity index (χ3v) is 2.56. The van der Waals surface area contributed by atoms with Gasteiger partial charge in [0.1, 0.15) is 6.33 Å². The van der Waals surface area contributed by atoms with Crippen molar-refractivity contribution in [3.8, 4) is 17.1 Å². The van der Waals surface area contributed by atoms with Crippen molar-refractivity contribution in [3.63, 3.8) is 0 Å². The number of hydrogen-bond donors (Lipinski definition) is 1. The number of aromatic hydroxyl groups is 1. The molecule has 94 valence electrons. The number of halogens is 4. The lowest BCUT2D eigenvalue weighted by molar-refractivity contribution is 0.151. The van der Waals surface area contributed by atoms with E-state index in [-0.39, 0.29) is 10.7 Å². The molecule has 0 fully saturated rings. The van der Waals surface area contributed by atoms with Gasteiger partial charge in [0.15, 0.2) is 5.82 Å². The molecular weight excluding hydrogens is 269 g/mol. The maximum atomic E-state index is 13.8. The van der Waals surface area contributed by atoms with E-state index >= 15 is 0 Å². The Morgan fingerprint density at radius 2 is 1.94 bits per heavy atom. The second kappa shape index (κ2) is 4.81. The fourth-order valence-corrected chi connectivity index (χ4v) is 1.65. The van der Waals surface area contributed by atoms with Crippen molar-refractivity contribution in [1.29, 1.82) is 0 Å². The van der Waals surface area contributed by atoms with Crippen molar-refractivity contribution in [2.45, 2.75) is 6.43 Å². The van der Waals surface area contributed by atoms with Crippen molar-refractivity contribution < 1.29 is 18.3 Å². The van der Waals surface area contributed by atoms with Gasteiger partial charge in [0, 0.05) is 17.2 Å². The summed E-state index contributed by atoms with van der Waals surface area (Å²) in [4.78, 5) is 7.05. The van der Waals surface area contributed by atoms with Gasteiger partial charge in [-0.05, 0) is 6.07 Å². The van der Waals surface area contributed by atoms with E-state index in [9.17, 15) is 18.3 Å². The predicted octanol–water partition coefficient (Wildman–Crippen LogP) is 3.58. The van der Waals surface area contributed by atoms with Crippen LogP contribution in [0, 0.1) is 5.82 Å². The summed E-state index contributed by atoms with van der Waals surface area (Å²) < 4.78 is 39.5. The van der Waals surface area contributed by atoms with Gasteiger partial charge in [0.25, 0.3) is 6.43 Å². The van der Waals surface area contributed by atoms with Gasteiger partial charge >= 0.3 is 0 Å². The Morgan fingerprint density at radius 3 is 2.56 bits per heavy atom. The first-order valence-corrected chi connectivity index (χ1v) is 5.16. The Labute approximate surface area is 105 Å². The molecule has 18 heavy (non-hydrogen) atoms. The molecule has 0 saturated heterocycles. The Morgan fingerprint density at radius 1 is 1.22 bits per heavy atom. The van der Waals surface area contributed by atoms with Gasteiger partial charge in [0.05, 0.1) is 10.7 Å². The normalized spacial score (nSPS) is 10.9. The third-order valence-electron chi connectivity index (χ3n) is 2.27. The molecule has 1 aromatic carbocycles. The zero-order valence-electron chi connectivity index (χ0n) is 8.74. The van der Waals surface area contributed by atoms with Crippen molar-refractivity contribution in [3.05, 3.63) is 40.9 Å². The zero-order valence-corrected chi connectivity index (χ0v) is 9.50. The molecule has 0 bridgehead atoms. The molecule has 1 heterocycles. The highest BCUT2D eigenvalue weighted by Crippen LogP contribution is 2.35. The fraction of sp³-hybridized carbons (Fsp3) is 0.0909. The molecule has 0 radical (unpaired) electrons. The summed E-state index contributed by atoms with van der Waals surface area (Å²) in [6.45, 7) is 0. The lowest BCUT2D eigenvalue weighted by atomic mass is 10.0. The fourth-order valence-electron chi connectivity index (χ4n) is 1.49. The molecule has 1 N–H and O–H groups in total. The number of alkyl halides is 2. The minimum Gasteiger partial charge on any atom is -0.493 e. The van der Waals surface area contributed by atoms with Gasteiger partial charge in [0.2, 0.25) is 5.88 Å². The molecule has 0 saturated carbocycles. The summed E-state index contributed by atoms with van der Waals surface area (Å²) in [5, 5.41) is 8.87. The van der Waals surface area contributed by atoms with Crippen LogP contribution in [0.3, 0.4) is 0 Å². The molecule has 1 aromatic heterocycles. The Bertz CT molecular complexity index is 592. The van der Waals surface area contributed by atoms with Crippen LogP contribution < -0.4 is 0 Å². The van der Waals surface area contributed by atoms with Crippen LogP contribution in [-0.2, 0) is 0 Å². The van der Waals surface area contributed by atoms with E-state index in [0.29, 0.717) is 0 Å². The van der Waals surface area contributed by atoms with Crippen LogP contribution >= 0.6 is 11.6 Å². The van der Waals surface area contributed by atoms with E-state index < -0.39 is 29.2 Å². The highest BCUT2D eigenvalue weighted by atomic mass is 35.5. The first-order valence-electron chi connectivity index (χ1n) is 4.78. The van der Waals surface area contributed by atoms with Crippen LogP contribution in [0.2, 0.25) is 5.02 Å². The number of hydrogen-bond acceptors (Lipinski definition) is 3. The van der Waals surface area contributed by atoms with Gasteiger partial charge in [-0.15, -0.1) is 0 Å². The smallest absolute Gasteiger partial charge is 0.264 e. The topological polar surface area (TPSA) is 46.0 Å². The van der Waals surface area contributed by atoms with Gasteiger partial charge < -0.3 is 5.11 Å². The molecule has 7 heteroatoms. The monoisotopic (exact) mass is 274 g/mol. The second-order valence-electron chi connectivity index (χ2n) is 3.39. The average Bonchev–Trinajstić information content (AvgIpc) is 2.32. The number of aromatic nitrogens is 2. The highest BCUT2D eigenvalue weighted by molar-refractivity contribution is 6.31. The SMILES string of the molecule is Oc1cc(-c2c(C(F)F)ccc(Cl)c2F)ncn1. The molecule has 0 aliphatic carbocycles. The van der Waals surface area contributed by atoms with E-state index in [4.69, 9.17) is 11.6 Å². The van der Waals surface area contributed by atoms with E-state index in [0.717, 1.165) is 24.5 Å². The minimum absolute atomic E-state index is 0.155. The van der Waals surface area contributed by atoms with Crippen LogP contribution in [0.25, 0.3) is 11.3 Å². The lowest BCUT2D eigenvalue weighted by Gasteiger charge is -2.10. The van der Waals surface area contributed by atoms with Crippen LogP contribution in [0.15, 0.2) is 24.5 Å². The van der Waals surface area contributed by atoms with Crippen LogP contribution in [-0.4, -0.2) is 15.1 Å². The number of nitrogens with zero attached hydrogens (tertiary/aromatic N) is 2. The van der Waals surface area contributed by atoms with E-state index in [1.54, 1.807) is 0 Å². The van der Waals surface area contributed by atoms with Gasteiger partial charge in [-0.1, -0.05) is 17.7 Å². The zero-order chi connectivity index (χ0) is 13.3. The van der Waals surface area contributed by atoms with E-state index in [1.807, 2.05) is 0 Å². The first-order chi connectivity index (χ1) is 8.50. The molecule has 0 atom stereocenters. The van der Waals surface area contributed by atoms with E-state index in [1.165, 1.54) is 0 Å². The molecule has 0 aliphatic heterocycles. The highest BCUT2D eigenvalue weighted by Gasteiger charge is 2.21. The molecular formula is C11H6ClF3N2O. The molecule has 2 aromatic rings. The standard InChI is InChI=1S/C11H6ClF3N2O/c12-6-2-1-5(11(14)15)9(10(6)13)7-3-8(18)17-4-16-7/h1-4,11H,(H,16,17,18). The van der Waals surface area contributed by atoms with Crippen molar-refractivity contribution >= 4 is 11.6 Å². The van der Waals surface area contributed by atoms with Crippen LogP contribution in [0.1, 0.15) is 12.0 Å². The predicted molar refractivity (Wildman–Crippen MR) is 59.1 cm³/mol. The first kappa shape index (κ1) is 12.6. The van der Waals surface area contributed by atoms with Crippen molar-refractivity contribution in [1.82, 2.24) is 9.97 Å². The maximum Gasteiger partial charge on any atom is 0.264 e. The van der Waals surface area contributed by atoms with Crippen molar-refractivity contribution in [2.75, 3.05) is 0 Å². The van der Waals surface area contributed by atoms with Crippen LogP contribution in [0.5, 0.6) is 5.88 Å². The average molecular weight is 275 g/mol. The number of benzene rings is 1. The van der Waals surface area contributed by atoms with Crippen LogP contribution in [0.4, 0.5) is 13.2 Å². The molecule has 0 spiro atoms. The second-order valence-corrected chi connectivity index (χ2v) is 3.79. The van der Waals surface area contributed by atoms with Gasteiger partial charge in [-0.2, -0.15) is 0 Å². The summed E-state index contributed by atoms with van der Waals surface area (Å²) in [6.07, 6.45) is -1.94. The maximum absolute atomic E-state index is 13.8. The molecule has 2 rings (SSSR count). The molecule has 3 nitrogen and oxygen atoms in total. The molecule has 0 aliphatic rings. The Hall–Kier alpha value is -1.82. The Kier molecular flexibility index (Phi) is 3.38. The van der Waals surface area contributed by atoms with E-state index in [2.05, 4.69) is 9.97 Å². The minimum atomic E-state index is -2.89. The Balaban J connectivity index is 2.72. The number of rotatable bonds is 2. The van der Waals surface area contributed by atoms with Crippen molar-refractivity contribution in [2.24, 2.45) is 0 Å². The lowest BCUT2D eigenvalue weighted by Crippen LogP contribution is -1.97. The summed E-state index contributed by atoms with van der Waals surface area (Å²) in [5.41, 5.74) is -1.14. The largest absolute Gasteiger partial charge is 0.493 e.